The Bertz CT molecular complexity index is 741. The van der Waals surface area contributed by atoms with Gasteiger partial charge in [-0.25, -0.2) is 0 Å². The fourth-order valence-electron chi connectivity index (χ4n) is 9.11. The van der Waals surface area contributed by atoms with Crippen molar-refractivity contribution in [2.45, 2.75) is 99.8 Å². The summed E-state index contributed by atoms with van der Waals surface area (Å²) in [5.41, 5.74) is 5.39. The molecule has 0 unspecified atom stereocenters. The molecule has 0 heterocycles. The maximum absolute atomic E-state index is 10.9. The third-order valence-corrected chi connectivity index (χ3v) is 11.5. The van der Waals surface area contributed by atoms with Gasteiger partial charge in [0.1, 0.15) is 6.29 Å². The Morgan fingerprint density at radius 2 is 1.66 bits per heavy atom. The highest BCUT2D eigenvalue weighted by Gasteiger charge is 2.62. The summed E-state index contributed by atoms with van der Waals surface area (Å²) in [4.78, 5) is 10.9. The van der Waals surface area contributed by atoms with Gasteiger partial charge in [-0.3, -0.25) is 4.79 Å². The normalized spacial score (nSPS) is 47.5. The summed E-state index contributed by atoms with van der Waals surface area (Å²) >= 11 is 0. The van der Waals surface area contributed by atoms with Crippen LogP contribution in [0.25, 0.3) is 0 Å². The van der Waals surface area contributed by atoms with Crippen molar-refractivity contribution in [1.82, 2.24) is 0 Å². The third-order valence-electron chi connectivity index (χ3n) is 11.5. The average Bonchev–Trinajstić information content (AvgIpc) is 2.95. The number of hydrogen-bond donors (Lipinski definition) is 0. The van der Waals surface area contributed by atoms with Crippen molar-refractivity contribution in [3.05, 3.63) is 23.3 Å². The number of hydrogen-bond acceptors (Lipinski definition) is 1. The molecule has 0 aliphatic heterocycles. The van der Waals surface area contributed by atoms with Crippen LogP contribution in [0.15, 0.2) is 23.3 Å². The zero-order valence-corrected chi connectivity index (χ0v) is 20.1. The van der Waals surface area contributed by atoms with E-state index in [2.05, 4.69) is 54.5 Å². The van der Waals surface area contributed by atoms with Gasteiger partial charge >= 0.3 is 0 Å². The van der Waals surface area contributed by atoms with E-state index in [0.717, 1.165) is 18.1 Å². The summed E-state index contributed by atoms with van der Waals surface area (Å²) in [7, 11) is 0. The second kappa shape index (κ2) is 6.83. The van der Waals surface area contributed by atoms with E-state index in [-0.39, 0.29) is 0 Å². The molecule has 4 rings (SSSR count). The minimum absolute atomic E-state index is 0.357. The van der Waals surface area contributed by atoms with Crippen molar-refractivity contribution in [1.29, 1.82) is 0 Å². The van der Waals surface area contributed by atoms with Gasteiger partial charge in [0.05, 0.1) is 0 Å². The maximum Gasteiger partial charge on any atom is 0.142 e. The van der Waals surface area contributed by atoms with Crippen molar-refractivity contribution in [2.24, 2.45) is 45.3 Å². The van der Waals surface area contributed by atoms with Gasteiger partial charge in [0, 0.05) is 0 Å². The lowest BCUT2D eigenvalue weighted by Crippen LogP contribution is -2.53. The van der Waals surface area contributed by atoms with Gasteiger partial charge < -0.3 is 0 Å². The standard InChI is InChI=1S/C28H44O/c1-19(9-8-18-29)21-13-16-28(7)23-10-11-24-25(3,4)20(2)12-15-26(24,5)22(23)14-17-27(21,28)6/h8-9,18-21,24H,10-17H2,1-7H3/b9-8+/t19-,20+,21-,24+,26-,27-,28+/m1/s1. The molecule has 2 fully saturated rings. The van der Waals surface area contributed by atoms with E-state index in [4.69, 9.17) is 0 Å². The SMILES string of the molecule is C[C@H](/C=C/C=O)[C@H]1CC[C@@]2(C)C3=C(CC[C@]12C)[C@@]1(C)CC[C@H](C)C(C)(C)[C@@H]1CC3. The summed E-state index contributed by atoms with van der Waals surface area (Å²) in [5.74, 6) is 2.88. The molecule has 0 aromatic heterocycles. The zero-order chi connectivity index (χ0) is 21.2. The van der Waals surface area contributed by atoms with E-state index >= 15 is 0 Å². The van der Waals surface area contributed by atoms with Crippen LogP contribution in [0.1, 0.15) is 99.8 Å². The van der Waals surface area contributed by atoms with Crippen molar-refractivity contribution < 1.29 is 4.79 Å². The fraction of sp³-hybridized carbons (Fsp3) is 0.821. The molecule has 0 bridgehead atoms. The van der Waals surface area contributed by atoms with Crippen molar-refractivity contribution in [3.8, 4) is 0 Å². The first-order valence-corrected chi connectivity index (χ1v) is 12.4. The number of aldehydes is 1. The molecule has 29 heavy (non-hydrogen) atoms. The van der Waals surface area contributed by atoms with Gasteiger partial charge in [-0.15, -0.1) is 0 Å². The Morgan fingerprint density at radius 1 is 0.931 bits per heavy atom. The first kappa shape index (κ1) is 21.4. The molecule has 0 spiro atoms. The van der Waals surface area contributed by atoms with Crippen molar-refractivity contribution in [2.75, 3.05) is 0 Å². The predicted molar refractivity (Wildman–Crippen MR) is 123 cm³/mol. The van der Waals surface area contributed by atoms with Gasteiger partial charge in [0.2, 0.25) is 0 Å². The quantitative estimate of drug-likeness (QED) is 0.270. The minimum Gasteiger partial charge on any atom is -0.299 e. The molecule has 162 valence electrons. The van der Waals surface area contributed by atoms with E-state index in [1.165, 1.54) is 51.4 Å². The molecule has 4 aliphatic carbocycles. The van der Waals surface area contributed by atoms with E-state index < -0.39 is 0 Å². The Hall–Kier alpha value is -0.850. The topological polar surface area (TPSA) is 17.1 Å². The van der Waals surface area contributed by atoms with Crippen LogP contribution in [0.4, 0.5) is 0 Å². The van der Waals surface area contributed by atoms with E-state index in [1.807, 2.05) is 11.1 Å². The fourth-order valence-corrected chi connectivity index (χ4v) is 9.11. The predicted octanol–water partition coefficient (Wildman–Crippen LogP) is 7.76. The molecule has 0 radical (unpaired) electrons. The molecular weight excluding hydrogens is 352 g/mol. The summed E-state index contributed by atoms with van der Waals surface area (Å²) < 4.78 is 0. The van der Waals surface area contributed by atoms with Crippen LogP contribution in [0.3, 0.4) is 0 Å². The lowest BCUT2D eigenvalue weighted by Gasteiger charge is -2.62. The highest BCUT2D eigenvalue weighted by Crippen LogP contribution is 2.72. The van der Waals surface area contributed by atoms with Gasteiger partial charge in [-0.1, -0.05) is 65.7 Å². The number of rotatable bonds is 3. The third kappa shape index (κ3) is 2.74. The van der Waals surface area contributed by atoms with Crippen LogP contribution in [0.5, 0.6) is 0 Å². The van der Waals surface area contributed by atoms with Gasteiger partial charge in [0.25, 0.3) is 0 Å². The lowest BCUT2D eigenvalue weighted by molar-refractivity contribution is -0.104. The highest BCUT2D eigenvalue weighted by atomic mass is 16.1. The van der Waals surface area contributed by atoms with E-state index in [1.54, 1.807) is 6.08 Å². The Morgan fingerprint density at radius 3 is 2.34 bits per heavy atom. The van der Waals surface area contributed by atoms with Crippen LogP contribution >= 0.6 is 0 Å². The summed E-state index contributed by atoms with van der Waals surface area (Å²) in [6.45, 7) is 17.8. The average molecular weight is 397 g/mol. The molecule has 7 atom stereocenters. The number of allylic oxidation sites excluding steroid dienone is 4. The van der Waals surface area contributed by atoms with Gasteiger partial charge in [0.15, 0.2) is 0 Å². The van der Waals surface area contributed by atoms with Crippen molar-refractivity contribution in [3.63, 3.8) is 0 Å². The molecule has 2 saturated carbocycles. The second-order valence-electron chi connectivity index (χ2n) is 12.5. The Kier molecular flexibility index (Phi) is 5.03. The first-order valence-electron chi connectivity index (χ1n) is 12.4. The number of carbonyl (C=O) groups excluding carboxylic acids is 1. The zero-order valence-electron chi connectivity index (χ0n) is 20.1. The Labute approximate surface area is 179 Å². The maximum atomic E-state index is 10.9. The molecule has 4 aliphatic rings. The van der Waals surface area contributed by atoms with Crippen LogP contribution in [0, 0.1) is 45.3 Å². The van der Waals surface area contributed by atoms with Crippen LogP contribution in [-0.2, 0) is 4.79 Å². The number of carbonyl (C=O) groups is 1. The van der Waals surface area contributed by atoms with Gasteiger partial charge in [-0.2, -0.15) is 0 Å². The van der Waals surface area contributed by atoms with Gasteiger partial charge in [-0.05, 0) is 103 Å². The van der Waals surface area contributed by atoms with E-state index in [0.29, 0.717) is 33.5 Å². The highest BCUT2D eigenvalue weighted by molar-refractivity contribution is 5.64. The second-order valence-corrected chi connectivity index (χ2v) is 12.5. The number of fused-ring (bicyclic) bond motifs is 4. The molecule has 1 heteroatoms. The lowest BCUT2D eigenvalue weighted by atomic mass is 9.42. The Balaban J connectivity index is 1.74. The summed E-state index contributed by atoms with van der Waals surface area (Å²) in [6, 6.07) is 0. The minimum atomic E-state index is 0.357. The molecule has 0 saturated heterocycles. The molecule has 0 N–H and O–H groups in total. The molecule has 1 nitrogen and oxygen atoms in total. The molecule has 0 aromatic carbocycles. The van der Waals surface area contributed by atoms with Crippen LogP contribution in [-0.4, -0.2) is 6.29 Å². The van der Waals surface area contributed by atoms with Crippen LogP contribution < -0.4 is 0 Å². The molecule has 0 amide bonds. The summed E-state index contributed by atoms with van der Waals surface area (Å²) in [5, 5.41) is 0. The smallest absolute Gasteiger partial charge is 0.142 e. The largest absolute Gasteiger partial charge is 0.299 e. The monoisotopic (exact) mass is 396 g/mol. The molecule has 0 aromatic rings. The summed E-state index contributed by atoms with van der Waals surface area (Å²) in [6.07, 6.45) is 15.7. The van der Waals surface area contributed by atoms with Crippen molar-refractivity contribution >= 4 is 6.29 Å². The molecular formula is C28H44O. The first-order chi connectivity index (χ1) is 13.5. The van der Waals surface area contributed by atoms with E-state index in [9.17, 15) is 4.79 Å². The van der Waals surface area contributed by atoms with Crippen LogP contribution in [0.2, 0.25) is 0 Å².